The van der Waals surface area contributed by atoms with Crippen LogP contribution in [-0.4, -0.2) is 86.0 Å². The number of anilines is 1. The molecule has 1 unspecified atom stereocenters. The predicted octanol–water partition coefficient (Wildman–Crippen LogP) is 2.14. The molecule has 13 nitrogen and oxygen atoms in total. The summed E-state index contributed by atoms with van der Waals surface area (Å²) in [6.45, 7) is 9.64. The molecule has 1 aliphatic rings. The lowest BCUT2D eigenvalue weighted by atomic mass is 10.1. The molecule has 1 atom stereocenters. The molecular weight excluding hydrogens is 534 g/mol. The number of amides is 3. The molecule has 1 fully saturated rings. The quantitative estimate of drug-likeness (QED) is 0.200. The fourth-order valence-corrected chi connectivity index (χ4v) is 4.04. The Labute approximate surface area is 239 Å². The molecule has 1 aromatic carbocycles. The first kappa shape index (κ1) is 32.0. The van der Waals surface area contributed by atoms with Crippen molar-refractivity contribution in [3.05, 3.63) is 34.7 Å². The molecule has 2 aromatic rings. The maximum absolute atomic E-state index is 12.9. The van der Waals surface area contributed by atoms with Crippen LogP contribution in [0, 0.1) is 0 Å². The average molecular weight is 576 g/mol. The number of nitrogens with one attached hydrogen (secondary N) is 3. The second-order valence-electron chi connectivity index (χ2n) is 10.6. The van der Waals surface area contributed by atoms with Gasteiger partial charge in [-0.25, -0.2) is 9.48 Å². The number of imide groups is 1. The lowest BCUT2D eigenvalue weighted by Gasteiger charge is -2.21. The second-order valence-corrected chi connectivity index (χ2v) is 10.6. The summed E-state index contributed by atoms with van der Waals surface area (Å²) in [5.41, 5.74) is -0.0196. The van der Waals surface area contributed by atoms with Crippen molar-refractivity contribution in [2.75, 3.05) is 58.0 Å². The average Bonchev–Trinajstić information content (AvgIpc) is 2.90. The minimum Gasteiger partial charge on any atom is -0.444 e. The third kappa shape index (κ3) is 11.1. The van der Waals surface area contributed by atoms with Gasteiger partial charge in [0.25, 0.3) is 11.5 Å². The van der Waals surface area contributed by atoms with Gasteiger partial charge in [0, 0.05) is 43.8 Å². The minimum atomic E-state index is -0.785. The van der Waals surface area contributed by atoms with Gasteiger partial charge in [-0.3, -0.25) is 19.7 Å². The summed E-state index contributed by atoms with van der Waals surface area (Å²) in [7, 11) is 0. The van der Waals surface area contributed by atoms with Crippen molar-refractivity contribution in [1.29, 1.82) is 0 Å². The van der Waals surface area contributed by atoms with Gasteiger partial charge in [0.2, 0.25) is 5.91 Å². The number of rotatable bonds is 16. The van der Waals surface area contributed by atoms with Crippen LogP contribution in [0.25, 0.3) is 10.8 Å². The smallest absolute Gasteiger partial charge is 0.407 e. The predicted molar refractivity (Wildman–Crippen MR) is 152 cm³/mol. The summed E-state index contributed by atoms with van der Waals surface area (Å²) in [6, 6.07) is 4.58. The molecule has 0 spiro atoms. The number of fused-ring (bicyclic) bond motifs is 1. The highest BCUT2D eigenvalue weighted by molar-refractivity contribution is 5.99. The topological polar surface area (TPSA) is 159 Å². The monoisotopic (exact) mass is 575 g/mol. The Bertz CT molecular complexity index is 1230. The fraction of sp³-hybridized carbons (Fsp3) is 0.607. The van der Waals surface area contributed by atoms with Crippen LogP contribution in [0.1, 0.15) is 52.5 Å². The molecule has 0 bridgehead atoms. The largest absolute Gasteiger partial charge is 0.444 e. The molecule has 1 aromatic heterocycles. The van der Waals surface area contributed by atoms with Gasteiger partial charge in [0.1, 0.15) is 11.6 Å². The summed E-state index contributed by atoms with van der Waals surface area (Å²) < 4.78 is 22.9. The number of aromatic nitrogens is 2. The molecule has 0 aliphatic carbocycles. The van der Waals surface area contributed by atoms with Crippen molar-refractivity contribution in [2.45, 2.75) is 58.1 Å². The second kappa shape index (κ2) is 16.0. The number of carbonyl (C=O) groups excluding carboxylic acids is 3. The summed E-state index contributed by atoms with van der Waals surface area (Å²) in [5.74, 6) is -0.843. The van der Waals surface area contributed by atoms with Crippen LogP contribution >= 0.6 is 0 Å². The summed E-state index contributed by atoms with van der Waals surface area (Å²) in [5, 5.41) is 13.6. The molecule has 0 radical (unpaired) electrons. The van der Waals surface area contributed by atoms with E-state index in [-0.39, 0.29) is 24.3 Å². The van der Waals surface area contributed by atoms with E-state index < -0.39 is 23.6 Å². The van der Waals surface area contributed by atoms with Gasteiger partial charge in [0.15, 0.2) is 0 Å². The van der Waals surface area contributed by atoms with E-state index >= 15 is 0 Å². The lowest BCUT2D eigenvalue weighted by Crippen LogP contribution is -2.45. The van der Waals surface area contributed by atoms with Gasteiger partial charge in [0.05, 0.1) is 38.0 Å². The number of piperidine rings is 1. The van der Waals surface area contributed by atoms with E-state index in [1.807, 2.05) is 32.9 Å². The van der Waals surface area contributed by atoms with Crippen molar-refractivity contribution in [1.82, 2.24) is 20.4 Å². The van der Waals surface area contributed by atoms with Crippen molar-refractivity contribution in [3.63, 3.8) is 0 Å². The summed E-state index contributed by atoms with van der Waals surface area (Å²) >= 11 is 0. The van der Waals surface area contributed by atoms with Crippen LogP contribution in [0.3, 0.4) is 0 Å². The third-order valence-corrected chi connectivity index (χ3v) is 5.99. The zero-order valence-corrected chi connectivity index (χ0v) is 24.0. The number of hydrogen-bond acceptors (Lipinski definition) is 10. The Balaban J connectivity index is 1.21. The SMILES string of the molecule is CC(C)(C)OC(=O)NCCCOCCOCCOCCCNc1ccc2c(=O)n(C3CCC(=O)NC3=O)ncc2c1. The summed E-state index contributed by atoms with van der Waals surface area (Å²) in [4.78, 5) is 47.9. The minimum absolute atomic E-state index is 0.177. The van der Waals surface area contributed by atoms with Crippen LogP contribution in [0.15, 0.2) is 29.2 Å². The molecular formula is C28H41N5O8. The van der Waals surface area contributed by atoms with Gasteiger partial charge in [-0.2, -0.15) is 5.10 Å². The Morgan fingerprint density at radius 1 is 1.00 bits per heavy atom. The Morgan fingerprint density at radius 2 is 1.66 bits per heavy atom. The molecule has 2 heterocycles. The summed E-state index contributed by atoms with van der Waals surface area (Å²) in [6.07, 6.45) is 3.04. The number of carbonyl (C=O) groups is 3. The van der Waals surface area contributed by atoms with Gasteiger partial charge >= 0.3 is 6.09 Å². The van der Waals surface area contributed by atoms with Gasteiger partial charge in [-0.15, -0.1) is 0 Å². The van der Waals surface area contributed by atoms with Crippen LogP contribution < -0.4 is 21.5 Å². The van der Waals surface area contributed by atoms with E-state index in [1.54, 1.807) is 12.3 Å². The normalized spacial score (nSPS) is 15.5. The van der Waals surface area contributed by atoms with Gasteiger partial charge < -0.3 is 29.6 Å². The van der Waals surface area contributed by atoms with E-state index in [2.05, 4.69) is 21.0 Å². The molecule has 3 rings (SSSR count). The van der Waals surface area contributed by atoms with Gasteiger partial charge in [-0.05, 0) is 58.2 Å². The number of nitrogens with zero attached hydrogens (tertiary/aromatic N) is 2. The molecule has 3 amide bonds. The number of hydrogen-bond donors (Lipinski definition) is 3. The molecule has 0 saturated carbocycles. The first-order valence-electron chi connectivity index (χ1n) is 13.9. The van der Waals surface area contributed by atoms with Crippen LogP contribution in [-0.2, 0) is 28.5 Å². The van der Waals surface area contributed by atoms with Crippen LogP contribution in [0.2, 0.25) is 0 Å². The van der Waals surface area contributed by atoms with Crippen molar-refractivity contribution >= 4 is 34.4 Å². The first-order valence-corrected chi connectivity index (χ1v) is 13.9. The van der Waals surface area contributed by atoms with E-state index in [0.29, 0.717) is 69.9 Å². The number of ether oxygens (including phenoxy) is 4. The third-order valence-electron chi connectivity index (χ3n) is 5.99. The van der Waals surface area contributed by atoms with Crippen molar-refractivity contribution in [2.24, 2.45) is 0 Å². The van der Waals surface area contributed by atoms with E-state index in [4.69, 9.17) is 18.9 Å². The zero-order valence-electron chi connectivity index (χ0n) is 24.0. The van der Waals surface area contributed by atoms with Crippen LogP contribution in [0.4, 0.5) is 10.5 Å². The molecule has 3 N–H and O–H groups in total. The Morgan fingerprint density at radius 3 is 2.32 bits per heavy atom. The molecule has 226 valence electrons. The highest BCUT2D eigenvalue weighted by Gasteiger charge is 2.29. The van der Waals surface area contributed by atoms with Gasteiger partial charge in [-0.1, -0.05) is 0 Å². The first-order chi connectivity index (χ1) is 19.6. The maximum Gasteiger partial charge on any atom is 0.407 e. The van der Waals surface area contributed by atoms with Crippen LogP contribution in [0.5, 0.6) is 0 Å². The Hall–Kier alpha value is -3.55. The highest BCUT2D eigenvalue weighted by atomic mass is 16.6. The van der Waals surface area contributed by atoms with E-state index in [1.165, 1.54) is 0 Å². The highest BCUT2D eigenvalue weighted by Crippen LogP contribution is 2.19. The van der Waals surface area contributed by atoms with Crippen molar-refractivity contribution < 1.29 is 33.3 Å². The molecule has 1 saturated heterocycles. The zero-order chi connectivity index (χ0) is 29.7. The number of benzene rings is 1. The standard InChI is InChI=1S/C28H41N5O8/c1-28(2,3)41-27(37)30-11-5-13-39-15-17-40-16-14-38-12-4-10-29-21-6-7-22-20(18-21)19-31-33(26(22)36)23-8-9-24(34)32-25(23)35/h6-7,18-19,23,29H,4-5,8-17H2,1-3H3,(H,30,37)(H,32,34,35). The number of alkyl carbamates (subject to hydrolysis) is 1. The van der Waals surface area contributed by atoms with Crippen molar-refractivity contribution in [3.8, 4) is 0 Å². The molecule has 41 heavy (non-hydrogen) atoms. The maximum atomic E-state index is 12.9. The van der Waals surface area contributed by atoms with E-state index in [9.17, 15) is 19.2 Å². The van der Waals surface area contributed by atoms with E-state index in [0.717, 1.165) is 16.8 Å². The molecule has 13 heteroatoms. The Kier molecular flexibility index (Phi) is 12.5. The fourth-order valence-electron chi connectivity index (χ4n) is 4.04. The molecule has 1 aliphatic heterocycles. The lowest BCUT2D eigenvalue weighted by molar-refractivity contribution is -0.136.